The summed E-state index contributed by atoms with van der Waals surface area (Å²) in [6.07, 6.45) is 3.94. The molecule has 2 N–H and O–H groups in total. The number of amides is 1. The molecule has 8 heteroatoms. The zero-order valence-corrected chi connectivity index (χ0v) is 16.7. The highest BCUT2D eigenvalue weighted by atomic mass is 16.5. The maximum atomic E-state index is 12.6. The summed E-state index contributed by atoms with van der Waals surface area (Å²) in [6.45, 7) is 2.19. The Labute approximate surface area is 170 Å². The van der Waals surface area contributed by atoms with Crippen molar-refractivity contribution in [3.63, 3.8) is 0 Å². The first-order valence-electron chi connectivity index (χ1n) is 10.1. The Kier molecular flexibility index (Phi) is 4.52. The lowest BCUT2D eigenvalue weighted by atomic mass is 9.84. The Morgan fingerprint density at radius 1 is 1.21 bits per heavy atom. The zero-order chi connectivity index (χ0) is 20.0. The Hall–Kier alpha value is -2.84. The number of hydrogen-bond acceptors (Lipinski definition) is 7. The van der Waals surface area contributed by atoms with Crippen molar-refractivity contribution in [3.8, 4) is 11.3 Å². The first-order chi connectivity index (χ1) is 14.1. The smallest absolute Gasteiger partial charge is 0.290 e. The van der Waals surface area contributed by atoms with Gasteiger partial charge in [-0.2, -0.15) is 0 Å². The number of nitrogens with one attached hydrogen (secondary N) is 2. The van der Waals surface area contributed by atoms with Crippen molar-refractivity contribution in [3.05, 3.63) is 54.1 Å². The monoisotopic (exact) mass is 394 g/mol. The van der Waals surface area contributed by atoms with E-state index >= 15 is 0 Å². The van der Waals surface area contributed by atoms with Crippen LogP contribution in [0.3, 0.4) is 0 Å². The predicted octanol–water partition coefficient (Wildman–Crippen LogP) is 1.67. The van der Waals surface area contributed by atoms with Gasteiger partial charge in [0.05, 0.1) is 11.7 Å². The van der Waals surface area contributed by atoms with Crippen LogP contribution >= 0.6 is 0 Å². The Morgan fingerprint density at radius 3 is 2.69 bits per heavy atom. The van der Waals surface area contributed by atoms with Crippen molar-refractivity contribution in [2.45, 2.75) is 24.9 Å². The molecule has 1 saturated heterocycles. The van der Waals surface area contributed by atoms with Gasteiger partial charge in [-0.15, -0.1) is 5.12 Å². The molecule has 3 heterocycles. The molecular weight excluding hydrogens is 368 g/mol. The van der Waals surface area contributed by atoms with E-state index in [9.17, 15) is 4.79 Å². The van der Waals surface area contributed by atoms with Crippen LogP contribution in [0.2, 0.25) is 0 Å². The van der Waals surface area contributed by atoms with Crippen molar-refractivity contribution < 1.29 is 9.32 Å². The summed E-state index contributed by atoms with van der Waals surface area (Å²) in [5.41, 5.74) is 6.26. The van der Waals surface area contributed by atoms with Crippen molar-refractivity contribution in [2.75, 3.05) is 27.2 Å². The molecule has 5 rings (SSSR count). The molecule has 29 heavy (non-hydrogen) atoms. The van der Waals surface area contributed by atoms with Crippen LogP contribution in [0.15, 0.2) is 52.8 Å². The number of benzene rings is 1. The largest absolute Gasteiger partial charge is 0.350 e. The molecule has 0 atom stereocenters. The molecule has 8 nitrogen and oxygen atoms in total. The molecule has 3 aliphatic rings. The van der Waals surface area contributed by atoms with Crippen LogP contribution in [-0.4, -0.2) is 65.4 Å². The van der Waals surface area contributed by atoms with Crippen molar-refractivity contribution in [1.82, 2.24) is 30.9 Å². The zero-order valence-electron chi connectivity index (χ0n) is 16.7. The van der Waals surface area contributed by atoms with E-state index in [0.29, 0.717) is 17.7 Å². The van der Waals surface area contributed by atoms with Gasteiger partial charge in [0.25, 0.3) is 5.91 Å². The van der Waals surface area contributed by atoms with E-state index in [1.165, 1.54) is 5.70 Å². The van der Waals surface area contributed by atoms with Gasteiger partial charge >= 0.3 is 0 Å². The molecule has 152 valence electrons. The highest BCUT2D eigenvalue weighted by molar-refractivity contribution is 5.92. The van der Waals surface area contributed by atoms with E-state index in [1.807, 2.05) is 37.4 Å². The first-order valence-corrected chi connectivity index (χ1v) is 10.1. The lowest BCUT2D eigenvalue weighted by Gasteiger charge is -2.48. The van der Waals surface area contributed by atoms with Crippen LogP contribution in [0.25, 0.3) is 11.3 Å². The standard InChI is InChI=1S/C21H26N6O2/c1-25-12-15(13-25)19-11-22-26(2)27(19)17-8-16(9-17)23-21(28)20-10-18(24-29-20)14-6-4-3-5-7-14/h3-7,10-11,15-17,22H,8-9,12-13H2,1-2H3,(H,23,28). The molecule has 0 bridgehead atoms. The number of hydrogen-bond donors (Lipinski definition) is 2. The first kappa shape index (κ1) is 18.2. The van der Waals surface area contributed by atoms with Gasteiger partial charge in [-0.1, -0.05) is 35.5 Å². The van der Waals surface area contributed by atoms with Gasteiger partial charge in [-0.3, -0.25) is 9.80 Å². The SMILES string of the molecule is CN1CC(C2=CNN(C)N2C2CC(NC(=O)c3cc(-c4ccccc4)no3)C2)C1. The summed E-state index contributed by atoms with van der Waals surface area (Å²) >= 11 is 0. The third-order valence-corrected chi connectivity index (χ3v) is 6.07. The van der Waals surface area contributed by atoms with Crippen LogP contribution in [-0.2, 0) is 0 Å². The van der Waals surface area contributed by atoms with E-state index in [4.69, 9.17) is 4.52 Å². The second kappa shape index (κ2) is 7.20. The molecule has 2 fully saturated rings. The van der Waals surface area contributed by atoms with Crippen LogP contribution in [0, 0.1) is 5.92 Å². The maximum absolute atomic E-state index is 12.6. The van der Waals surface area contributed by atoms with E-state index < -0.39 is 0 Å². The summed E-state index contributed by atoms with van der Waals surface area (Å²) < 4.78 is 5.27. The van der Waals surface area contributed by atoms with E-state index in [0.717, 1.165) is 31.5 Å². The Balaban J connectivity index is 1.16. The average molecular weight is 394 g/mol. The fraction of sp³-hybridized carbons (Fsp3) is 0.429. The van der Waals surface area contributed by atoms with Crippen molar-refractivity contribution >= 4 is 5.91 Å². The van der Waals surface area contributed by atoms with Crippen molar-refractivity contribution in [2.24, 2.45) is 5.92 Å². The minimum atomic E-state index is -0.201. The molecular formula is C21H26N6O2. The maximum Gasteiger partial charge on any atom is 0.290 e. The molecule has 1 aliphatic carbocycles. The summed E-state index contributed by atoms with van der Waals surface area (Å²) in [4.78, 5) is 14.9. The number of carbonyl (C=O) groups is 1. The van der Waals surface area contributed by atoms with Gasteiger partial charge in [0, 0.05) is 49.9 Å². The highest BCUT2D eigenvalue weighted by Gasteiger charge is 2.43. The van der Waals surface area contributed by atoms with Crippen molar-refractivity contribution in [1.29, 1.82) is 0 Å². The number of nitrogens with zero attached hydrogens (tertiary/aromatic N) is 4. The predicted molar refractivity (Wildman–Crippen MR) is 108 cm³/mol. The third-order valence-electron chi connectivity index (χ3n) is 6.07. The normalized spacial score (nSPS) is 25.2. The van der Waals surface area contributed by atoms with Gasteiger partial charge in [-0.25, -0.2) is 0 Å². The lowest BCUT2D eigenvalue weighted by molar-refractivity contribution is -0.0629. The average Bonchev–Trinajstić information content (AvgIpc) is 3.30. The second-order valence-electron chi connectivity index (χ2n) is 8.22. The molecule has 1 aromatic carbocycles. The van der Waals surface area contributed by atoms with Crippen LogP contribution in [0.5, 0.6) is 0 Å². The molecule has 1 amide bonds. The molecule has 2 aliphatic heterocycles. The number of hydrazine groups is 2. The lowest BCUT2D eigenvalue weighted by Crippen LogP contribution is -2.59. The fourth-order valence-electron chi connectivity index (χ4n) is 4.40. The number of likely N-dealkylation sites (tertiary alicyclic amines) is 1. The van der Waals surface area contributed by atoms with Gasteiger partial charge in [0.1, 0.15) is 5.69 Å². The molecule has 2 aromatic rings. The summed E-state index contributed by atoms with van der Waals surface area (Å²) in [5, 5.41) is 11.5. The number of aromatic nitrogens is 1. The van der Waals surface area contributed by atoms with Gasteiger partial charge < -0.3 is 20.2 Å². The van der Waals surface area contributed by atoms with Gasteiger partial charge in [0.2, 0.25) is 5.76 Å². The van der Waals surface area contributed by atoms with E-state index in [-0.39, 0.29) is 17.7 Å². The molecule has 0 radical (unpaired) electrons. The van der Waals surface area contributed by atoms with E-state index in [2.05, 4.69) is 44.2 Å². The summed E-state index contributed by atoms with van der Waals surface area (Å²) in [7, 11) is 4.19. The van der Waals surface area contributed by atoms with Gasteiger partial charge in [-0.05, 0) is 19.9 Å². The number of rotatable bonds is 5. The molecule has 1 aromatic heterocycles. The van der Waals surface area contributed by atoms with Gasteiger partial charge in [0.15, 0.2) is 0 Å². The van der Waals surface area contributed by atoms with E-state index in [1.54, 1.807) is 6.07 Å². The Bertz CT molecular complexity index is 914. The molecule has 1 saturated carbocycles. The van der Waals surface area contributed by atoms with Crippen LogP contribution in [0.1, 0.15) is 23.4 Å². The number of carbonyl (C=O) groups excluding carboxylic acids is 1. The highest BCUT2D eigenvalue weighted by Crippen LogP contribution is 2.36. The topological polar surface area (TPSA) is 76.9 Å². The van der Waals surface area contributed by atoms with Crippen LogP contribution in [0.4, 0.5) is 0 Å². The minimum absolute atomic E-state index is 0.150. The summed E-state index contributed by atoms with van der Waals surface area (Å²) in [5.74, 6) is 0.634. The quantitative estimate of drug-likeness (QED) is 0.799. The second-order valence-corrected chi connectivity index (χ2v) is 8.22. The summed E-state index contributed by atoms with van der Waals surface area (Å²) in [6, 6.07) is 12.0. The Morgan fingerprint density at radius 2 is 1.97 bits per heavy atom. The molecule has 0 unspecified atom stereocenters. The molecule has 0 spiro atoms. The fourth-order valence-corrected chi connectivity index (χ4v) is 4.40. The third kappa shape index (κ3) is 3.38. The minimum Gasteiger partial charge on any atom is -0.350 e. The van der Waals surface area contributed by atoms with Crippen LogP contribution < -0.4 is 10.7 Å².